The van der Waals surface area contributed by atoms with Crippen LogP contribution in [0.3, 0.4) is 0 Å². The number of carbonyl (C=O) groups is 1. The van der Waals surface area contributed by atoms with Crippen molar-refractivity contribution in [1.82, 2.24) is 0 Å². The van der Waals surface area contributed by atoms with Gasteiger partial charge in [-0.1, -0.05) is 54.4 Å². The average Bonchev–Trinajstić information content (AvgIpc) is 2.78. The Bertz CT molecular complexity index is 1200. The third-order valence-electron chi connectivity index (χ3n) is 5.49. The fourth-order valence-corrected chi connectivity index (χ4v) is 5.02. The molecular formula is C27H31NO4S. The summed E-state index contributed by atoms with van der Waals surface area (Å²) in [6, 6.07) is 19.5. The van der Waals surface area contributed by atoms with E-state index in [-0.39, 0.29) is 11.3 Å². The number of ether oxygens (including phenoxy) is 1. The standard InChI is InChI=1S/C27H31NO4S/c1-5-23-11-13-24(14-12-23)28(33(30,31)25-15-8-20(2)9-16-25)27(29)7-6-18-32-26-17-10-21(3)19-22(26)4/h8-17,19H,5-7,18H2,1-4H3. The van der Waals surface area contributed by atoms with Crippen molar-refractivity contribution in [1.29, 1.82) is 0 Å². The Morgan fingerprint density at radius 1 is 0.879 bits per heavy atom. The summed E-state index contributed by atoms with van der Waals surface area (Å²) in [5.41, 5.74) is 4.54. The van der Waals surface area contributed by atoms with E-state index in [9.17, 15) is 13.2 Å². The molecule has 0 bridgehead atoms. The van der Waals surface area contributed by atoms with Gasteiger partial charge in [0.15, 0.2) is 0 Å². The van der Waals surface area contributed by atoms with Crippen molar-refractivity contribution in [2.75, 3.05) is 10.9 Å². The first-order valence-corrected chi connectivity index (χ1v) is 12.6. The lowest BCUT2D eigenvalue weighted by atomic mass is 10.1. The minimum Gasteiger partial charge on any atom is -0.493 e. The van der Waals surface area contributed by atoms with Gasteiger partial charge in [-0.15, -0.1) is 0 Å². The minimum atomic E-state index is -4.05. The molecule has 0 fully saturated rings. The first-order valence-electron chi connectivity index (χ1n) is 11.2. The summed E-state index contributed by atoms with van der Waals surface area (Å²) < 4.78 is 33.6. The van der Waals surface area contributed by atoms with Crippen LogP contribution in [0.5, 0.6) is 5.75 Å². The van der Waals surface area contributed by atoms with E-state index >= 15 is 0 Å². The number of rotatable bonds is 9. The maximum atomic E-state index is 13.4. The van der Waals surface area contributed by atoms with Crippen LogP contribution >= 0.6 is 0 Å². The van der Waals surface area contributed by atoms with Crippen LogP contribution < -0.4 is 9.04 Å². The predicted octanol–water partition coefficient (Wildman–Crippen LogP) is 5.76. The van der Waals surface area contributed by atoms with Crippen LogP contribution in [0.1, 0.15) is 42.0 Å². The molecule has 5 nitrogen and oxygen atoms in total. The normalized spacial score (nSPS) is 11.3. The summed E-state index contributed by atoms with van der Waals surface area (Å²) in [4.78, 5) is 13.3. The van der Waals surface area contributed by atoms with Crippen molar-refractivity contribution in [2.45, 2.75) is 51.9 Å². The fraction of sp³-hybridized carbons (Fsp3) is 0.296. The fourth-order valence-electron chi connectivity index (χ4n) is 3.57. The molecule has 0 aliphatic rings. The van der Waals surface area contributed by atoms with Crippen molar-refractivity contribution in [3.63, 3.8) is 0 Å². The highest BCUT2D eigenvalue weighted by Crippen LogP contribution is 2.26. The molecule has 33 heavy (non-hydrogen) atoms. The quantitative estimate of drug-likeness (QED) is 0.377. The SMILES string of the molecule is CCc1ccc(N(C(=O)CCCOc2ccc(C)cc2C)S(=O)(=O)c2ccc(C)cc2)cc1. The van der Waals surface area contributed by atoms with Gasteiger partial charge < -0.3 is 4.74 Å². The largest absolute Gasteiger partial charge is 0.493 e. The highest BCUT2D eigenvalue weighted by molar-refractivity contribution is 7.93. The van der Waals surface area contributed by atoms with Gasteiger partial charge in [0.1, 0.15) is 5.75 Å². The smallest absolute Gasteiger partial charge is 0.270 e. The molecule has 0 radical (unpaired) electrons. The second-order valence-corrected chi connectivity index (χ2v) is 10.0. The van der Waals surface area contributed by atoms with Gasteiger partial charge in [-0.05, 0) is 75.1 Å². The van der Waals surface area contributed by atoms with Crippen molar-refractivity contribution in [2.24, 2.45) is 0 Å². The lowest BCUT2D eigenvalue weighted by molar-refractivity contribution is -0.117. The van der Waals surface area contributed by atoms with Crippen molar-refractivity contribution >= 4 is 21.6 Å². The molecule has 0 aliphatic heterocycles. The second kappa shape index (κ2) is 10.7. The Balaban J connectivity index is 1.79. The third-order valence-corrected chi connectivity index (χ3v) is 7.25. The molecule has 3 rings (SSSR count). The van der Waals surface area contributed by atoms with E-state index in [1.54, 1.807) is 24.3 Å². The summed E-state index contributed by atoms with van der Waals surface area (Å²) >= 11 is 0. The highest BCUT2D eigenvalue weighted by atomic mass is 32.2. The molecule has 6 heteroatoms. The maximum absolute atomic E-state index is 13.4. The molecule has 0 saturated carbocycles. The van der Waals surface area contributed by atoms with Gasteiger partial charge in [0.2, 0.25) is 5.91 Å². The average molecular weight is 466 g/mol. The molecule has 1 amide bonds. The van der Waals surface area contributed by atoms with E-state index in [4.69, 9.17) is 4.74 Å². The molecular weight excluding hydrogens is 434 g/mol. The van der Waals surface area contributed by atoms with Gasteiger partial charge in [0.05, 0.1) is 17.2 Å². The number of benzene rings is 3. The molecule has 0 aliphatic carbocycles. The van der Waals surface area contributed by atoms with Crippen molar-refractivity contribution in [3.05, 3.63) is 89.0 Å². The summed E-state index contributed by atoms with van der Waals surface area (Å²) in [5.74, 6) is 0.288. The van der Waals surface area contributed by atoms with Crippen molar-refractivity contribution < 1.29 is 17.9 Å². The number of amides is 1. The number of sulfonamides is 1. The molecule has 0 N–H and O–H groups in total. The molecule has 0 heterocycles. The summed E-state index contributed by atoms with van der Waals surface area (Å²) in [6.45, 7) is 8.23. The minimum absolute atomic E-state index is 0.0472. The summed E-state index contributed by atoms with van der Waals surface area (Å²) in [6.07, 6.45) is 1.28. The van der Waals surface area contributed by atoms with Gasteiger partial charge in [-0.3, -0.25) is 4.79 Å². The van der Waals surface area contributed by atoms with Crippen LogP contribution in [0.4, 0.5) is 5.69 Å². The van der Waals surface area contributed by atoms with Gasteiger partial charge in [-0.2, -0.15) is 0 Å². The van der Waals surface area contributed by atoms with Crippen LogP contribution in [0, 0.1) is 20.8 Å². The van der Waals surface area contributed by atoms with Crippen LogP contribution in [0.2, 0.25) is 0 Å². The van der Waals surface area contributed by atoms with Crippen LogP contribution in [0.25, 0.3) is 0 Å². The zero-order valence-electron chi connectivity index (χ0n) is 19.7. The lowest BCUT2D eigenvalue weighted by Gasteiger charge is -2.23. The highest BCUT2D eigenvalue weighted by Gasteiger charge is 2.30. The Kier molecular flexibility index (Phi) is 7.92. The Hall–Kier alpha value is -3.12. The van der Waals surface area contributed by atoms with E-state index in [1.807, 2.05) is 58.0 Å². The lowest BCUT2D eigenvalue weighted by Crippen LogP contribution is -2.37. The Morgan fingerprint density at radius 3 is 2.12 bits per heavy atom. The van der Waals surface area contributed by atoms with Crippen LogP contribution in [0.15, 0.2) is 71.6 Å². The van der Waals surface area contributed by atoms with E-state index in [1.165, 1.54) is 12.1 Å². The predicted molar refractivity (Wildman–Crippen MR) is 132 cm³/mol. The second-order valence-electron chi connectivity index (χ2n) is 8.22. The number of anilines is 1. The molecule has 3 aromatic rings. The molecule has 0 saturated heterocycles. The van der Waals surface area contributed by atoms with E-state index < -0.39 is 15.9 Å². The zero-order chi connectivity index (χ0) is 24.0. The van der Waals surface area contributed by atoms with E-state index in [2.05, 4.69) is 0 Å². The van der Waals surface area contributed by atoms with E-state index in [0.717, 1.165) is 38.7 Å². The van der Waals surface area contributed by atoms with E-state index in [0.29, 0.717) is 18.7 Å². The number of hydrogen-bond donors (Lipinski definition) is 0. The molecule has 3 aromatic carbocycles. The van der Waals surface area contributed by atoms with Gasteiger partial charge in [-0.25, -0.2) is 12.7 Å². The molecule has 174 valence electrons. The Labute approximate surface area is 197 Å². The zero-order valence-corrected chi connectivity index (χ0v) is 20.5. The van der Waals surface area contributed by atoms with Gasteiger partial charge >= 0.3 is 0 Å². The molecule has 0 aromatic heterocycles. The van der Waals surface area contributed by atoms with Gasteiger partial charge in [0.25, 0.3) is 10.0 Å². The molecule has 0 spiro atoms. The van der Waals surface area contributed by atoms with Crippen LogP contribution in [-0.2, 0) is 21.2 Å². The summed E-state index contributed by atoms with van der Waals surface area (Å²) in [7, 11) is -4.05. The maximum Gasteiger partial charge on any atom is 0.270 e. The summed E-state index contributed by atoms with van der Waals surface area (Å²) in [5, 5.41) is 0. The molecule has 0 unspecified atom stereocenters. The number of hydrogen-bond acceptors (Lipinski definition) is 4. The van der Waals surface area contributed by atoms with Crippen molar-refractivity contribution in [3.8, 4) is 5.75 Å². The first-order chi connectivity index (χ1) is 15.7. The monoisotopic (exact) mass is 465 g/mol. The number of carbonyl (C=O) groups excluding carboxylic acids is 1. The van der Waals surface area contributed by atoms with Gasteiger partial charge in [0, 0.05) is 6.42 Å². The third kappa shape index (κ3) is 6.02. The number of aryl methyl sites for hydroxylation is 4. The van der Waals surface area contributed by atoms with Crippen LogP contribution in [-0.4, -0.2) is 20.9 Å². The number of nitrogens with zero attached hydrogens (tertiary/aromatic N) is 1. The molecule has 0 atom stereocenters. The first kappa shape index (κ1) is 24.5. The topological polar surface area (TPSA) is 63.7 Å². The Morgan fingerprint density at radius 2 is 1.52 bits per heavy atom.